The van der Waals surface area contributed by atoms with Gasteiger partial charge in [0.2, 0.25) is 0 Å². The van der Waals surface area contributed by atoms with E-state index in [9.17, 15) is 0 Å². The summed E-state index contributed by atoms with van der Waals surface area (Å²) in [7, 11) is 2.16. The van der Waals surface area contributed by atoms with Crippen molar-refractivity contribution in [2.24, 2.45) is 0 Å². The molecule has 4 rings (SSSR count). The molecule has 0 radical (unpaired) electrons. The van der Waals surface area contributed by atoms with Crippen LogP contribution in [0.25, 0.3) is 22.2 Å². The lowest BCUT2D eigenvalue weighted by atomic mass is 10.0. The van der Waals surface area contributed by atoms with Crippen molar-refractivity contribution >= 4 is 22.5 Å². The van der Waals surface area contributed by atoms with Crippen LogP contribution < -0.4 is 5.32 Å². The number of H-pyrrole nitrogens is 1. The van der Waals surface area contributed by atoms with Gasteiger partial charge in [-0.3, -0.25) is 10.2 Å². The Balaban J connectivity index is 1.99. The quantitative estimate of drug-likeness (QED) is 0.749. The predicted octanol–water partition coefficient (Wildman–Crippen LogP) is 4.02. The van der Waals surface area contributed by atoms with Crippen molar-refractivity contribution in [3.63, 3.8) is 0 Å². The molecule has 112 valence electrons. The number of fused-ring (bicyclic) bond motifs is 1. The van der Waals surface area contributed by atoms with Crippen LogP contribution in [0.5, 0.6) is 0 Å². The van der Waals surface area contributed by atoms with Crippen LogP contribution >= 0.6 is 11.6 Å². The summed E-state index contributed by atoms with van der Waals surface area (Å²) in [5.74, 6) is 0. The molecule has 22 heavy (non-hydrogen) atoms. The van der Waals surface area contributed by atoms with Gasteiger partial charge in [0.15, 0.2) is 0 Å². The second-order valence-electron chi connectivity index (χ2n) is 5.81. The first-order valence-electron chi connectivity index (χ1n) is 7.54. The van der Waals surface area contributed by atoms with Gasteiger partial charge in [-0.15, -0.1) is 0 Å². The van der Waals surface area contributed by atoms with Gasteiger partial charge in [0, 0.05) is 34.6 Å². The first-order chi connectivity index (χ1) is 10.7. The van der Waals surface area contributed by atoms with E-state index in [0.717, 1.165) is 23.6 Å². The summed E-state index contributed by atoms with van der Waals surface area (Å²) in [5.41, 5.74) is 4.78. The summed E-state index contributed by atoms with van der Waals surface area (Å²) in [4.78, 5) is 5.92. The van der Waals surface area contributed by atoms with Gasteiger partial charge in [-0.25, -0.2) is 0 Å². The first-order valence-corrected chi connectivity index (χ1v) is 7.92. The number of aromatic nitrogens is 1. The monoisotopic (exact) mass is 311 g/mol. The third-order valence-corrected chi connectivity index (χ3v) is 4.61. The summed E-state index contributed by atoms with van der Waals surface area (Å²) in [5, 5.41) is 5.56. The largest absolute Gasteiger partial charge is 0.354 e. The van der Waals surface area contributed by atoms with Crippen molar-refractivity contribution in [2.75, 3.05) is 20.1 Å². The number of aromatic amines is 1. The fraction of sp³-hybridized carbons (Fsp3) is 0.222. The Labute approximate surface area is 134 Å². The van der Waals surface area contributed by atoms with Crippen molar-refractivity contribution in [2.45, 2.75) is 6.17 Å². The zero-order valence-electron chi connectivity index (χ0n) is 12.4. The van der Waals surface area contributed by atoms with Crippen LogP contribution in [0.3, 0.4) is 0 Å². The number of nitrogens with one attached hydrogen (secondary N) is 2. The van der Waals surface area contributed by atoms with E-state index in [4.69, 9.17) is 11.6 Å². The highest BCUT2D eigenvalue weighted by atomic mass is 35.5. The molecule has 1 unspecified atom stereocenters. The van der Waals surface area contributed by atoms with Crippen molar-refractivity contribution < 1.29 is 0 Å². The van der Waals surface area contributed by atoms with Crippen LogP contribution in [-0.2, 0) is 0 Å². The van der Waals surface area contributed by atoms with Crippen molar-refractivity contribution in [1.29, 1.82) is 0 Å². The van der Waals surface area contributed by atoms with E-state index in [1.54, 1.807) is 0 Å². The molecule has 1 atom stereocenters. The molecule has 0 aliphatic carbocycles. The lowest BCUT2D eigenvalue weighted by Crippen LogP contribution is -2.24. The normalized spacial score (nSPS) is 19.1. The Kier molecular flexibility index (Phi) is 3.41. The molecule has 2 aromatic carbocycles. The van der Waals surface area contributed by atoms with Gasteiger partial charge < -0.3 is 4.98 Å². The van der Waals surface area contributed by atoms with E-state index in [1.807, 2.05) is 12.1 Å². The number of nitrogens with zero attached hydrogens (tertiary/aromatic N) is 1. The lowest BCUT2D eigenvalue weighted by molar-refractivity contribution is 0.303. The fourth-order valence-electron chi connectivity index (χ4n) is 3.29. The van der Waals surface area contributed by atoms with E-state index in [-0.39, 0.29) is 6.17 Å². The smallest absolute Gasteiger partial charge is 0.0886 e. The topological polar surface area (TPSA) is 31.1 Å². The summed E-state index contributed by atoms with van der Waals surface area (Å²) in [6.07, 6.45) is 0.211. The Morgan fingerprint density at radius 1 is 1.14 bits per heavy atom. The maximum absolute atomic E-state index is 6.24. The Bertz CT molecular complexity index is 810. The molecule has 1 aromatic heterocycles. The highest BCUT2D eigenvalue weighted by molar-refractivity contribution is 6.31. The highest BCUT2D eigenvalue weighted by Crippen LogP contribution is 2.37. The minimum Gasteiger partial charge on any atom is -0.354 e. The van der Waals surface area contributed by atoms with E-state index < -0.39 is 0 Å². The second-order valence-corrected chi connectivity index (χ2v) is 6.24. The first kappa shape index (κ1) is 13.8. The summed E-state index contributed by atoms with van der Waals surface area (Å²) >= 11 is 6.24. The zero-order chi connectivity index (χ0) is 15.1. The van der Waals surface area contributed by atoms with Gasteiger partial charge in [-0.05, 0) is 30.8 Å². The molecule has 1 saturated heterocycles. The minimum atomic E-state index is 0.211. The summed E-state index contributed by atoms with van der Waals surface area (Å²) in [6.45, 7) is 2.05. The van der Waals surface area contributed by atoms with Crippen molar-refractivity contribution in [3.8, 4) is 11.3 Å². The maximum Gasteiger partial charge on any atom is 0.0886 e. The number of hydrogen-bond donors (Lipinski definition) is 2. The van der Waals surface area contributed by atoms with Gasteiger partial charge >= 0.3 is 0 Å². The van der Waals surface area contributed by atoms with Crippen molar-refractivity contribution in [1.82, 2.24) is 15.2 Å². The third kappa shape index (κ3) is 2.22. The van der Waals surface area contributed by atoms with Crippen LogP contribution in [-0.4, -0.2) is 30.0 Å². The molecule has 3 nitrogen and oxygen atoms in total. The standard InChI is InChI=1S/C18H18ClN3/c1-22-10-9-20-18(22)16-14-11-13(19)7-8-15(14)21-17(16)12-5-3-2-4-6-12/h2-8,11,18,20-21H,9-10H2,1H3. The molecule has 0 spiro atoms. The van der Waals surface area contributed by atoms with Crippen LogP contribution in [0.15, 0.2) is 48.5 Å². The predicted molar refractivity (Wildman–Crippen MR) is 92.1 cm³/mol. The van der Waals surface area contributed by atoms with Crippen LogP contribution in [0.1, 0.15) is 11.7 Å². The maximum atomic E-state index is 6.24. The van der Waals surface area contributed by atoms with Crippen LogP contribution in [0, 0.1) is 0 Å². The molecule has 1 aliphatic heterocycles. The summed E-state index contributed by atoms with van der Waals surface area (Å²) < 4.78 is 0. The molecular formula is C18H18ClN3. The fourth-order valence-corrected chi connectivity index (χ4v) is 3.46. The van der Waals surface area contributed by atoms with E-state index >= 15 is 0 Å². The molecule has 1 aliphatic rings. The molecule has 0 bridgehead atoms. The van der Waals surface area contributed by atoms with Crippen molar-refractivity contribution in [3.05, 3.63) is 59.1 Å². The zero-order valence-corrected chi connectivity index (χ0v) is 13.2. The molecule has 4 heteroatoms. The Hall–Kier alpha value is -1.81. The molecule has 2 heterocycles. The van der Waals surface area contributed by atoms with E-state index in [1.165, 1.54) is 22.2 Å². The van der Waals surface area contributed by atoms with Gasteiger partial charge in [0.25, 0.3) is 0 Å². The Morgan fingerprint density at radius 3 is 2.68 bits per heavy atom. The average molecular weight is 312 g/mol. The van der Waals surface area contributed by atoms with Gasteiger partial charge in [0.05, 0.1) is 11.9 Å². The van der Waals surface area contributed by atoms with Crippen LogP contribution in [0.2, 0.25) is 5.02 Å². The molecule has 0 amide bonds. The van der Waals surface area contributed by atoms with Gasteiger partial charge in [0.1, 0.15) is 0 Å². The van der Waals surface area contributed by atoms with Gasteiger partial charge in [-0.2, -0.15) is 0 Å². The average Bonchev–Trinajstić information content (AvgIpc) is 3.11. The molecule has 0 saturated carbocycles. The summed E-state index contributed by atoms with van der Waals surface area (Å²) in [6, 6.07) is 16.5. The number of rotatable bonds is 2. The number of halogens is 1. The SMILES string of the molecule is CN1CCNC1c1c(-c2ccccc2)[nH]c2ccc(Cl)cc12. The van der Waals surface area contributed by atoms with E-state index in [0.29, 0.717) is 0 Å². The molecular weight excluding hydrogens is 294 g/mol. The highest BCUT2D eigenvalue weighted by Gasteiger charge is 2.28. The Morgan fingerprint density at radius 2 is 1.95 bits per heavy atom. The number of likely N-dealkylation sites (N-methyl/N-ethyl adjacent to an activating group) is 1. The van der Waals surface area contributed by atoms with Crippen LogP contribution in [0.4, 0.5) is 0 Å². The molecule has 1 fully saturated rings. The second kappa shape index (κ2) is 5.43. The number of hydrogen-bond acceptors (Lipinski definition) is 2. The van der Waals surface area contributed by atoms with Gasteiger partial charge in [-0.1, -0.05) is 41.9 Å². The minimum absolute atomic E-state index is 0.211. The van der Waals surface area contributed by atoms with E-state index in [2.05, 4.69) is 58.6 Å². The number of benzene rings is 2. The molecule has 2 N–H and O–H groups in total. The third-order valence-electron chi connectivity index (χ3n) is 4.38. The molecule has 3 aromatic rings. The lowest BCUT2D eigenvalue weighted by Gasteiger charge is -2.21.